The van der Waals surface area contributed by atoms with E-state index in [2.05, 4.69) is 4.98 Å². The number of hydrogen-bond donors (Lipinski definition) is 1. The molecule has 0 saturated heterocycles. The highest BCUT2D eigenvalue weighted by Crippen LogP contribution is 2.35. The van der Waals surface area contributed by atoms with Crippen molar-refractivity contribution in [3.8, 4) is 11.1 Å². The molecule has 0 saturated carbocycles. The fraction of sp³-hybridized carbons (Fsp3) is 0.143. The Kier molecular flexibility index (Phi) is 3.74. The summed E-state index contributed by atoms with van der Waals surface area (Å²) in [6.07, 6.45) is -5.18. The van der Waals surface area contributed by atoms with Crippen molar-refractivity contribution in [3.05, 3.63) is 53.9 Å². The minimum Gasteiger partial charge on any atom is -0.481 e. The lowest BCUT2D eigenvalue weighted by Gasteiger charge is -2.13. The largest absolute Gasteiger partial charge is 0.481 e. The number of pyridine rings is 1. The number of benzene rings is 1. The molecule has 1 aromatic carbocycles. The van der Waals surface area contributed by atoms with E-state index in [1.165, 1.54) is 12.1 Å². The molecule has 0 aliphatic rings. The maximum Gasteiger partial charge on any atom is 0.433 e. The number of hydrogen-bond acceptors (Lipinski definition) is 2. The van der Waals surface area contributed by atoms with Gasteiger partial charge in [0.15, 0.2) is 5.69 Å². The second kappa shape index (κ2) is 5.32. The molecule has 0 spiro atoms. The van der Waals surface area contributed by atoms with Crippen LogP contribution in [0.25, 0.3) is 11.1 Å². The Morgan fingerprint density at radius 2 is 1.75 bits per heavy atom. The Balaban J connectivity index is 2.55. The molecule has 0 atom stereocenters. The predicted molar refractivity (Wildman–Crippen MR) is 66.0 cm³/mol. The smallest absolute Gasteiger partial charge is 0.433 e. The van der Waals surface area contributed by atoms with Gasteiger partial charge in [-0.25, -0.2) is 4.98 Å². The van der Waals surface area contributed by atoms with Crippen LogP contribution in [0.15, 0.2) is 42.5 Å². The van der Waals surface area contributed by atoms with Gasteiger partial charge in [0.25, 0.3) is 0 Å². The van der Waals surface area contributed by atoms with Crippen LogP contribution in [-0.2, 0) is 17.4 Å². The first-order valence-corrected chi connectivity index (χ1v) is 5.72. The van der Waals surface area contributed by atoms with E-state index in [1.807, 2.05) is 0 Å². The molecular weight excluding hydrogens is 271 g/mol. The van der Waals surface area contributed by atoms with Crippen molar-refractivity contribution in [2.75, 3.05) is 0 Å². The summed E-state index contributed by atoms with van der Waals surface area (Å²) < 4.78 is 39.1. The van der Waals surface area contributed by atoms with Gasteiger partial charge >= 0.3 is 12.1 Å². The third-order valence-electron chi connectivity index (χ3n) is 2.64. The Hall–Kier alpha value is -2.37. The van der Waals surface area contributed by atoms with Crippen LogP contribution in [0.4, 0.5) is 13.2 Å². The Morgan fingerprint density at radius 1 is 1.10 bits per heavy atom. The average Bonchev–Trinajstić information content (AvgIpc) is 2.38. The molecule has 20 heavy (non-hydrogen) atoms. The lowest BCUT2D eigenvalue weighted by molar-refractivity contribution is -0.141. The first-order chi connectivity index (χ1) is 9.38. The number of carboxylic acids is 1. The van der Waals surface area contributed by atoms with Gasteiger partial charge in [-0.15, -0.1) is 0 Å². The van der Waals surface area contributed by atoms with E-state index >= 15 is 0 Å². The van der Waals surface area contributed by atoms with Crippen molar-refractivity contribution >= 4 is 5.97 Å². The van der Waals surface area contributed by atoms with Crippen LogP contribution in [0.2, 0.25) is 0 Å². The molecule has 1 aromatic heterocycles. The molecule has 0 bridgehead atoms. The lowest BCUT2D eigenvalue weighted by Crippen LogP contribution is -2.13. The Morgan fingerprint density at radius 3 is 2.30 bits per heavy atom. The highest BCUT2D eigenvalue weighted by molar-refractivity contribution is 5.71. The topological polar surface area (TPSA) is 50.2 Å². The van der Waals surface area contributed by atoms with Gasteiger partial charge in [-0.2, -0.15) is 13.2 Å². The highest BCUT2D eigenvalue weighted by Gasteiger charge is 2.36. The predicted octanol–water partition coefficient (Wildman–Crippen LogP) is 3.39. The summed E-state index contributed by atoms with van der Waals surface area (Å²) in [6.45, 7) is 0. The van der Waals surface area contributed by atoms with Gasteiger partial charge in [-0.1, -0.05) is 36.4 Å². The van der Waals surface area contributed by atoms with E-state index in [0.29, 0.717) is 5.56 Å². The van der Waals surface area contributed by atoms with Gasteiger partial charge in [-0.05, 0) is 11.6 Å². The number of rotatable bonds is 3. The lowest BCUT2D eigenvalue weighted by atomic mass is 10.0. The molecule has 104 valence electrons. The number of aliphatic carboxylic acids is 1. The van der Waals surface area contributed by atoms with Crippen molar-refractivity contribution in [2.45, 2.75) is 12.6 Å². The maximum atomic E-state index is 13.0. The molecule has 0 aliphatic heterocycles. The van der Waals surface area contributed by atoms with Gasteiger partial charge < -0.3 is 5.11 Å². The summed E-state index contributed by atoms with van der Waals surface area (Å²) in [7, 11) is 0. The third kappa shape index (κ3) is 3.14. The van der Waals surface area contributed by atoms with Gasteiger partial charge in [0.05, 0.1) is 12.1 Å². The molecular formula is C14H10F3NO2. The summed E-state index contributed by atoms with van der Waals surface area (Å²) in [5.74, 6) is -1.22. The number of alkyl halides is 3. The minimum absolute atomic E-state index is 0.0627. The number of nitrogens with zero attached hydrogens (tertiary/aromatic N) is 1. The standard InChI is InChI=1S/C14H10F3NO2/c15-14(16,17)13-11(9-4-2-1-3-5-9)7-6-10(18-13)8-12(19)20/h1-7H,8H2,(H,19,20). The summed E-state index contributed by atoms with van der Waals surface area (Å²) in [4.78, 5) is 14.0. The number of aromatic nitrogens is 1. The highest BCUT2D eigenvalue weighted by atomic mass is 19.4. The summed E-state index contributed by atoms with van der Waals surface area (Å²) in [6, 6.07) is 10.6. The van der Waals surface area contributed by atoms with Gasteiger partial charge in [0, 0.05) is 5.56 Å². The number of carboxylic acid groups (broad SMARTS) is 1. The fourth-order valence-corrected chi connectivity index (χ4v) is 1.82. The second-order valence-corrected chi connectivity index (χ2v) is 4.13. The van der Waals surface area contributed by atoms with Gasteiger partial charge in [0.1, 0.15) is 0 Å². The molecule has 1 N–H and O–H groups in total. The summed E-state index contributed by atoms with van der Waals surface area (Å²) >= 11 is 0. The molecule has 0 unspecified atom stereocenters. The van der Waals surface area contributed by atoms with Crippen LogP contribution < -0.4 is 0 Å². The fourth-order valence-electron chi connectivity index (χ4n) is 1.82. The van der Waals surface area contributed by atoms with Crippen molar-refractivity contribution in [2.24, 2.45) is 0 Å². The third-order valence-corrected chi connectivity index (χ3v) is 2.64. The first kappa shape index (κ1) is 14.0. The average molecular weight is 281 g/mol. The van der Waals surface area contributed by atoms with Crippen molar-refractivity contribution in [3.63, 3.8) is 0 Å². The van der Waals surface area contributed by atoms with E-state index in [4.69, 9.17) is 5.11 Å². The molecule has 0 fully saturated rings. The number of halogens is 3. The molecule has 3 nitrogen and oxygen atoms in total. The SMILES string of the molecule is O=C(O)Cc1ccc(-c2ccccc2)c(C(F)(F)F)n1. The normalized spacial score (nSPS) is 11.3. The molecule has 0 aliphatic carbocycles. The molecule has 6 heteroatoms. The monoisotopic (exact) mass is 281 g/mol. The van der Waals surface area contributed by atoms with Crippen LogP contribution in [0, 0.1) is 0 Å². The van der Waals surface area contributed by atoms with Crippen molar-refractivity contribution < 1.29 is 23.1 Å². The quantitative estimate of drug-likeness (QED) is 0.938. The molecule has 2 aromatic rings. The van der Waals surface area contributed by atoms with Crippen molar-refractivity contribution in [1.82, 2.24) is 4.98 Å². The van der Waals surface area contributed by atoms with Gasteiger partial charge in [0.2, 0.25) is 0 Å². The van der Waals surface area contributed by atoms with Crippen LogP contribution in [0.3, 0.4) is 0 Å². The minimum atomic E-state index is -4.64. The zero-order valence-electron chi connectivity index (χ0n) is 10.2. The molecule has 0 radical (unpaired) electrons. The van der Waals surface area contributed by atoms with Crippen LogP contribution in [0.5, 0.6) is 0 Å². The molecule has 2 rings (SSSR count). The zero-order valence-corrected chi connectivity index (χ0v) is 10.2. The van der Waals surface area contributed by atoms with Crippen LogP contribution >= 0.6 is 0 Å². The summed E-state index contributed by atoms with van der Waals surface area (Å²) in [5.41, 5.74) is -0.867. The molecule has 0 amide bonds. The van der Waals surface area contributed by atoms with Gasteiger partial charge in [-0.3, -0.25) is 4.79 Å². The van der Waals surface area contributed by atoms with E-state index < -0.39 is 24.3 Å². The Bertz CT molecular complexity index is 624. The summed E-state index contributed by atoms with van der Waals surface area (Å²) in [5, 5.41) is 8.63. The zero-order chi connectivity index (χ0) is 14.8. The maximum absolute atomic E-state index is 13.0. The Labute approximate surface area is 112 Å². The van der Waals surface area contributed by atoms with E-state index in [1.54, 1.807) is 30.3 Å². The second-order valence-electron chi connectivity index (χ2n) is 4.13. The first-order valence-electron chi connectivity index (χ1n) is 5.72. The number of carbonyl (C=O) groups is 1. The van der Waals surface area contributed by atoms with Crippen molar-refractivity contribution in [1.29, 1.82) is 0 Å². The van der Waals surface area contributed by atoms with E-state index in [9.17, 15) is 18.0 Å². The van der Waals surface area contributed by atoms with Crippen LogP contribution in [0.1, 0.15) is 11.4 Å². The van der Waals surface area contributed by atoms with Crippen LogP contribution in [-0.4, -0.2) is 16.1 Å². The van der Waals surface area contributed by atoms with E-state index in [-0.39, 0.29) is 11.3 Å². The van der Waals surface area contributed by atoms with E-state index in [0.717, 1.165) is 0 Å². The molecule has 1 heterocycles.